The van der Waals surface area contributed by atoms with Crippen molar-refractivity contribution in [2.24, 2.45) is 5.73 Å². The molecule has 2 amide bonds. The summed E-state index contributed by atoms with van der Waals surface area (Å²) in [5, 5.41) is 3.03. The summed E-state index contributed by atoms with van der Waals surface area (Å²) in [4.78, 5) is 28.9. The Hall–Kier alpha value is -1.18. The van der Waals surface area contributed by atoms with E-state index in [2.05, 4.69) is 10.2 Å². The van der Waals surface area contributed by atoms with Gasteiger partial charge < -0.3 is 20.7 Å². The van der Waals surface area contributed by atoms with Gasteiger partial charge in [-0.1, -0.05) is 19.3 Å². The van der Waals surface area contributed by atoms with Crippen molar-refractivity contribution in [3.8, 4) is 0 Å². The number of amides is 2. The maximum atomic E-state index is 12.5. The minimum Gasteiger partial charge on any atom is -0.379 e. The lowest BCUT2D eigenvalue weighted by atomic mass is 9.81. The molecule has 1 saturated carbocycles. The van der Waals surface area contributed by atoms with Crippen LogP contribution in [0.5, 0.6) is 0 Å². The number of likely N-dealkylation sites (tertiary alicyclic amines) is 1. The van der Waals surface area contributed by atoms with Crippen molar-refractivity contribution in [2.45, 2.75) is 50.1 Å². The minimum atomic E-state index is -0.734. The fourth-order valence-corrected chi connectivity index (χ4v) is 3.91. The lowest BCUT2D eigenvalue weighted by molar-refractivity contribution is -0.128. The number of rotatable bonds is 5. The second kappa shape index (κ2) is 7.80. The number of ether oxygens (including phenoxy) is 1. The third-order valence-electron chi connectivity index (χ3n) is 5.54. The summed E-state index contributed by atoms with van der Waals surface area (Å²) in [5.41, 5.74) is 5.54. The number of carbonyl (C=O) groups is 2. The minimum absolute atomic E-state index is 0.0740. The molecule has 7 heteroatoms. The largest absolute Gasteiger partial charge is 0.379 e. The maximum Gasteiger partial charge on any atom is 0.240 e. The summed E-state index contributed by atoms with van der Waals surface area (Å²) in [7, 11) is 0. The lowest BCUT2D eigenvalue weighted by Crippen LogP contribution is -2.57. The van der Waals surface area contributed by atoms with Gasteiger partial charge in [0.2, 0.25) is 11.8 Å². The predicted octanol–water partition coefficient (Wildman–Crippen LogP) is -0.303. The van der Waals surface area contributed by atoms with E-state index in [-0.39, 0.29) is 17.9 Å². The highest BCUT2D eigenvalue weighted by Gasteiger charge is 2.38. The van der Waals surface area contributed by atoms with Crippen LogP contribution in [0.25, 0.3) is 0 Å². The molecule has 0 aromatic rings. The standard InChI is InChI=1S/C17H30N4O3/c18-17(4-2-1-3-5-17)16(23)19-14-12-15(22)21(13-14)7-6-20-8-10-24-11-9-20/h14H,1-13,18H2,(H,19,23). The summed E-state index contributed by atoms with van der Waals surface area (Å²) < 4.78 is 5.34. The van der Waals surface area contributed by atoms with Gasteiger partial charge in [-0.2, -0.15) is 0 Å². The summed E-state index contributed by atoms with van der Waals surface area (Å²) in [6.45, 7) is 5.59. The van der Waals surface area contributed by atoms with Crippen LogP contribution in [0.2, 0.25) is 0 Å². The first-order valence-corrected chi connectivity index (χ1v) is 9.24. The van der Waals surface area contributed by atoms with Crippen molar-refractivity contribution in [2.75, 3.05) is 45.9 Å². The first-order chi connectivity index (χ1) is 11.6. The molecule has 1 unspecified atom stereocenters. The SMILES string of the molecule is NC1(C(=O)NC2CC(=O)N(CCN3CCOCC3)C2)CCCCC1. The van der Waals surface area contributed by atoms with Crippen LogP contribution in [0, 0.1) is 0 Å². The van der Waals surface area contributed by atoms with Crippen LogP contribution in [0.4, 0.5) is 0 Å². The topological polar surface area (TPSA) is 87.9 Å². The Balaban J connectivity index is 1.44. The normalized spacial score (nSPS) is 28.1. The van der Waals surface area contributed by atoms with Crippen LogP contribution in [0.1, 0.15) is 38.5 Å². The second-order valence-electron chi connectivity index (χ2n) is 7.39. The van der Waals surface area contributed by atoms with Gasteiger partial charge in [-0.05, 0) is 12.8 Å². The molecule has 2 aliphatic heterocycles. The van der Waals surface area contributed by atoms with Crippen molar-refractivity contribution in [1.29, 1.82) is 0 Å². The molecule has 3 N–H and O–H groups in total. The van der Waals surface area contributed by atoms with Crippen molar-refractivity contribution >= 4 is 11.8 Å². The van der Waals surface area contributed by atoms with Crippen LogP contribution < -0.4 is 11.1 Å². The summed E-state index contributed by atoms with van der Waals surface area (Å²) >= 11 is 0. The molecule has 0 aromatic carbocycles. The van der Waals surface area contributed by atoms with Gasteiger partial charge in [-0.15, -0.1) is 0 Å². The zero-order valence-corrected chi connectivity index (χ0v) is 14.5. The van der Waals surface area contributed by atoms with Crippen LogP contribution in [-0.2, 0) is 14.3 Å². The Morgan fingerprint density at radius 2 is 1.92 bits per heavy atom. The van der Waals surface area contributed by atoms with E-state index < -0.39 is 5.54 Å². The fraction of sp³-hybridized carbons (Fsp3) is 0.882. The van der Waals surface area contributed by atoms with Gasteiger partial charge in [0.1, 0.15) is 0 Å². The van der Waals surface area contributed by atoms with Crippen LogP contribution in [0.15, 0.2) is 0 Å². The molecule has 1 atom stereocenters. The fourth-order valence-electron chi connectivity index (χ4n) is 3.91. The van der Waals surface area contributed by atoms with Crippen LogP contribution >= 0.6 is 0 Å². The highest BCUT2D eigenvalue weighted by Crippen LogP contribution is 2.26. The number of carbonyl (C=O) groups excluding carboxylic acids is 2. The Labute approximate surface area is 143 Å². The summed E-state index contributed by atoms with van der Waals surface area (Å²) in [6, 6.07) is -0.1000. The van der Waals surface area contributed by atoms with E-state index in [0.29, 0.717) is 13.0 Å². The average molecular weight is 338 g/mol. The lowest BCUT2D eigenvalue weighted by Gasteiger charge is -2.33. The Bertz CT molecular complexity index is 459. The molecule has 0 bridgehead atoms. The first-order valence-electron chi connectivity index (χ1n) is 9.24. The zero-order valence-electron chi connectivity index (χ0n) is 14.5. The van der Waals surface area contributed by atoms with E-state index in [4.69, 9.17) is 10.5 Å². The quantitative estimate of drug-likeness (QED) is 0.718. The molecule has 0 radical (unpaired) electrons. The van der Waals surface area contributed by atoms with Crippen molar-refractivity contribution in [3.05, 3.63) is 0 Å². The molecule has 3 aliphatic rings. The number of morpholine rings is 1. The van der Waals surface area contributed by atoms with E-state index in [9.17, 15) is 9.59 Å². The average Bonchev–Trinajstić information content (AvgIpc) is 2.94. The van der Waals surface area contributed by atoms with Crippen molar-refractivity contribution < 1.29 is 14.3 Å². The highest BCUT2D eigenvalue weighted by atomic mass is 16.5. The van der Waals surface area contributed by atoms with Crippen LogP contribution in [0.3, 0.4) is 0 Å². The van der Waals surface area contributed by atoms with Gasteiger partial charge in [0, 0.05) is 39.1 Å². The van der Waals surface area contributed by atoms with Gasteiger partial charge >= 0.3 is 0 Å². The Morgan fingerprint density at radius 1 is 1.21 bits per heavy atom. The number of hydrogen-bond acceptors (Lipinski definition) is 5. The highest BCUT2D eigenvalue weighted by molar-refractivity contribution is 5.88. The van der Waals surface area contributed by atoms with Crippen molar-refractivity contribution in [3.63, 3.8) is 0 Å². The Kier molecular flexibility index (Phi) is 5.73. The smallest absolute Gasteiger partial charge is 0.240 e. The Morgan fingerprint density at radius 3 is 2.62 bits per heavy atom. The molecule has 24 heavy (non-hydrogen) atoms. The molecule has 3 fully saturated rings. The van der Waals surface area contributed by atoms with E-state index in [1.165, 1.54) is 0 Å². The van der Waals surface area contributed by atoms with E-state index in [1.807, 2.05) is 4.90 Å². The molecule has 1 aliphatic carbocycles. The van der Waals surface area contributed by atoms with Gasteiger partial charge in [0.15, 0.2) is 0 Å². The van der Waals surface area contributed by atoms with Gasteiger partial charge in [0.25, 0.3) is 0 Å². The summed E-state index contributed by atoms with van der Waals surface area (Å²) in [6.07, 6.45) is 5.08. The molecule has 3 rings (SSSR count). The van der Waals surface area contributed by atoms with E-state index in [1.54, 1.807) is 0 Å². The van der Waals surface area contributed by atoms with E-state index >= 15 is 0 Å². The van der Waals surface area contributed by atoms with Crippen LogP contribution in [-0.4, -0.2) is 79.1 Å². The van der Waals surface area contributed by atoms with E-state index in [0.717, 1.165) is 71.5 Å². The first kappa shape index (κ1) is 17.6. The molecule has 136 valence electrons. The second-order valence-corrected chi connectivity index (χ2v) is 7.39. The van der Waals surface area contributed by atoms with Crippen molar-refractivity contribution in [1.82, 2.24) is 15.1 Å². The summed E-state index contributed by atoms with van der Waals surface area (Å²) in [5.74, 6) is 0.0540. The molecule has 7 nitrogen and oxygen atoms in total. The zero-order chi connectivity index (χ0) is 17.0. The predicted molar refractivity (Wildman–Crippen MR) is 90.4 cm³/mol. The maximum absolute atomic E-state index is 12.5. The number of nitrogens with zero attached hydrogens (tertiary/aromatic N) is 2. The number of nitrogens with one attached hydrogen (secondary N) is 1. The molecular weight excluding hydrogens is 308 g/mol. The number of nitrogens with two attached hydrogens (primary N) is 1. The molecule has 0 aromatic heterocycles. The monoisotopic (exact) mass is 338 g/mol. The number of hydrogen-bond donors (Lipinski definition) is 2. The molecular formula is C17H30N4O3. The van der Waals surface area contributed by atoms with Gasteiger partial charge in [-0.25, -0.2) is 0 Å². The third kappa shape index (κ3) is 4.26. The van der Waals surface area contributed by atoms with Gasteiger partial charge in [0.05, 0.1) is 24.8 Å². The molecule has 2 saturated heterocycles. The third-order valence-corrected chi connectivity index (χ3v) is 5.54. The van der Waals surface area contributed by atoms with Gasteiger partial charge in [-0.3, -0.25) is 14.5 Å². The molecule has 0 spiro atoms. The molecule has 2 heterocycles.